The third-order valence-corrected chi connectivity index (χ3v) is 7.59. The SMILES string of the molecule is CCC(CC)(c1ccc(/C=C/C2(O)CCC2)c(C)c1)c1ccc(OCCCCC(=O)O)c(C)c1. The second-order valence-electron chi connectivity index (χ2n) is 9.83. The predicted molar refractivity (Wildman–Crippen MR) is 139 cm³/mol. The Labute approximate surface area is 204 Å². The van der Waals surface area contributed by atoms with Gasteiger partial charge in [-0.3, -0.25) is 4.79 Å². The summed E-state index contributed by atoms with van der Waals surface area (Å²) in [6.45, 7) is 9.26. The third-order valence-electron chi connectivity index (χ3n) is 7.59. The van der Waals surface area contributed by atoms with Crippen molar-refractivity contribution in [3.05, 3.63) is 70.3 Å². The Morgan fingerprint density at radius 3 is 2.21 bits per heavy atom. The zero-order valence-electron chi connectivity index (χ0n) is 21.2. The lowest BCUT2D eigenvalue weighted by atomic mass is 9.70. The summed E-state index contributed by atoms with van der Waals surface area (Å²) < 4.78 is 5.94. The van der Waals surface area contributed by atoms with Crippen molar-refractivity contribution in [2.24, 2.45) is 0 Å². The minimum atomic E-state index is -0.758. The van der Waals surface area contributed by atoms with Gasteiger partial charge < -0.3 is 14.9 Å². The molecule has 0 saturated heterocycles. The fourth-order valence-corrected chi connectivity index (χ4v) is 5.01. The Hall–Kier alpha value is -2.59. The topological polar surface area (TPSA) is 66.8 Å². The Kier molecular flexibility index (Phi) is 8.59. The Morgan fingerprint density at radius 2 is 1.68 bits per heavy atom. The van der Waals surface area contributed by atoms with Crippen LogP contribution in [0.5, 0.6) is 5.75 Å². The van der Waals surface area contributed by atoms with Crippen LogP contribution >= 0.6 is 0 Å². The van der Waals surface area contributed by atoms with Crippen molar-refractivity contribution in [3.8, 4) is 5.75 Å². The van der Waals surface area contributed by atoms with E-state index in [4.69, 9.17) is 9.84 Å². The summed E-state index contributed by atoms with van der Waals surface area (Å²) in [7, 11) is 0. The van der Waals surface area contributed by atoms with Crippen molar-refractivity contribution in [1.29, 1.82) is 0 Å². The highest BCUT2D eigenvalue weighted by atomic mass is 16.5. The number of ether oxygens (including phenoxy) is 1. The van der Waals surface area contributed by atoms with Gasteiger partial charge in [0.2, 0.25) is 0 Å². The van der Waals surface area contributed by atoms with Crippen LogP contribution in [0.25, 0.3) is 6.08 Å². The molecule has 0 amide bonds. The number of hydrogen-bond acceptors (Lipinski definition) is 3. The van der Waals surface area contributed by atoms with Crippen molar-refractivity contribution < 1.29 is 19.7 Å². The van der Waals surface area contributed by atoms with Gasteiger partial charge in [0, 0.05) is 11.8 Å². The Morgan fingerprint density at radius 1 is 1.03 bits per heavy atom. The van der Waals surface area contributed by atoms with Crippen molar-refractivity contribution in [1.82, 2.24) is 0 Å². The van der Waals surface area contributed by atoms with Crippen LogP contribution < -0.4 is 4.74 Å². The second-order valence-corrected chi connectivity index (χ2v) is 9.83. The lowest BCUT2D eigenvalue weighted by Gasteiger charge is -2.34. The number of aryl methyl sites for hydroxylation is 2. The van der Waals surface area contributed by atoms with Gasteiger partial charge in [-0.15, -0.1) is 0 Å². The number of rotatable bonds is 12. The average molecular weight is 465 g/mol. The molecule has 0 spiro atoms. The smallest absolute Gasteiger partial charge is 0.303 e. The summed E-state index contributed by atoms with van der Waals surface area (Å²) in [5.74, 6) is 0.108. The Bertz CT molecular complexity index is 1010. The summed E-state index contributed by atoms with van der Waals surface area (Å²) in [6, 6.07) is 13.2. The summed E-state index contributed by atoms with van der Waals surface area (Å²) >= 11 is 0. The zero-order chi connectivity index (χ0) is 24.8. The number of hydrogen-bond donors (Lipinski definition) is 2. The minimum Gasteiger partial charge on any atom is -0.493 e. The van der Waals surface area contributed by atoms with Gasteiger partial charge in [-0.05, 0) is 92.7 Å². The third kappa shape index (κ3) is 5.90. The molecule has 1 aliphatic rings. The quantitative estimate of drug-likeness (QED) is 0.333. The number of aliphatic hydroxyl groups is 1. The molecule has 0 bridgehead atoms. The van der Waals surface area contributed by atoms with E-state index in [0.29, 0.717) is 13.0 Å². The lowest BCUT2D eigenvalue weighted by molar-refractivity contribution is -0.137. The van der Waals surface area contributed by atoms with Crippen molar-refractivity contribution in [2.45, 2.75) is 90.1 Å². The first-order valence-electron chi connectivity index (χ1n) is 12.7. The van der Waals surface area contributed by atoms with Gasteiger partial charge in [0.1, 0.15) is 5.75 Å². The second kappa shape index (κ2) is 11.2. The van der Waals surface area contributed by atoms with Crippen molar-refractivity contribution >= 4 is 12.0 Å². The fourth-order valence-electron chi connectivity index (χ4n) is 5.01. The molecule has 0 atom stereocenters. The molecule has 0 unspecified atom stereocenters. The number of aliphatic carboxylic acids is 1. The van der Waals surface area contributed by atoms with Gasteiger partial charge in [0.15, 0.2) is 0 Å². The molecule has 3 rings (SSSR count). The van der Waals surface area contributed by atoms with Crippen LogP contribution in [0.4, 0.5) is 0 Å². The van der Waals surface area contributed by atoms with E-state index in [2.05, 4.69) is 70.2 Å². The van der Waals surface area contributed by atoms with Crippen LogP contribution in [-0.4, -0.2) is 28.4 Å². The molecule has 0 heterocycles. The van der Waals surface area contributed by atoms with Crippen molar-refractivity contribution in [2.75, 3.05) is 6.61 Å². The zero-order valence-corrected chi connectivity index (χ0v) is 21.2. The van der Waals surface area contributed by atoms with Gasteiger partial charge in [-0.2, -0.15) is 0 Å². The summed E-state index contributed by atoms with van der Waals surface area (Å²) in [4.78, 5) is 10.7. The molecule has 2 aromatic rings. The molecule has 0 aliphatic heterocycles. The largest absolute Gasteiger partial charge is 0.493 e. The molecule has 4 nitrogen and oxygen atoms in total. The van der Waals surface area contributed by atoms with E-state index < -0.39 is 11.6 Å². The maximum absolute atomic E-state index is 10.7. The fraction of sp³-hybridized carbons (Fsp3) is 0.500. The predicted octanol–water partition coefficient (Wildman–Crippen LogP) is 6.97. The van der Waals surface area contributed by atoms with Crippen molar-refractivity contribution in [3.63, 3.8) is 0 Å². The first kappa shape index (κ1) is 26.0. The van der Waals surface area contributed by atoms with Gasteiger partial charge in [0.05, 0.1) is 12.2 Å². The molecule has 2 N–H and O–H groups in total. The molecule has 4 heteroatoms. The van der Waals surface area contributed by atoms with Crippen LogP contribution in [0, 0.1) is 13.8 Å². The molecule has 1 fully saturated rings. The highest BCUT2D eigenvalue weighted by Crippen LogP contribution is 2.41. The molecule has 0 aromatic heterocycles. The monoisotopic (exact) mass is 464 g/mol. The maximum atomic E-state index is 10.7. The molecular weight excluding hydrogens is 424 g/mol. The summed E-state index contributed by atoms with van der Waals surface area (Å²) in [6.07, 6.45) is 10.4. The number of benzene rings is 2. The summed E-state index contributed by atoms with van der Waals surface area (Å²) in [5, 5.41) is 19.2. The van der Waals surface area contributed by atoms with Crippen LogP contribution in [0.15, 0.2) is 42.5 Å². The van der Waals surface area contributed by atoms with E-state index in [1.165, 1.54) is 16.7 Å². The van der Waals surface area contributed by atoms with E-state index >= 15 is 0 Å². The first-order valence-corrected chi connectivity index (χ1v) is 12.7. The van der Waals surface area contributed by atoms with Gasteiger partial charge >= 0.3 is 5.97 Å². The summed E-state index contributed by atoms with van der Waals surface area (Å²) in [5.41, 5.74) is 5.40. The minimum absolute atomic E-state index is 0.0794. The van der Waals surface area contributed by atoms with E-state index in [-0.39, 0.29) is 11.8 Å². The van der Waals surface area contributed by atoms with Gasteiger partial charge in [-0.1, -0.05) is 56.3 Å². The standard InChI is InChI=1S/C30H40O4/c1-5-30(6-2,25-12-11-24(22(3)20-25)15-18-29(33)16-9-17-29)26-13-14-27(23(4)21-26)34-19-8-7-10-28(31)32/h11-15,18,20-21,33H,5-10,16-17,19H2,1-4H3,(H,31,32)/b18-15+. The van der Waals surface area contributed by atoms with Gasteiger partial charge in [-0.25, -0.2) is 0 Å². The number of carboxylic acid groups (broad SMARTS) is 1. The van der Waals surface area contributed by atoms with Crippen LogP contribution in [0.2, 0.25) is 0 Å². The van der Waals surface area contributed by atoms with E-state index in [9.17, 15) is 9.90 Å². The molecule has 1 aliphatic carbocycles. The molecule has 2 aromatic carbocycles. The number of carboxylic acids is 1. The molecule has 1 saturated carbocycles. The average Bonchev–Trinajstić information content (AvgIpc) is 2.79. The molecular formula is C30H40O4. The first-order chi connectivity index (χ1) is 16.2. The van der Waals surface area contributed by atoms with Gasteiger partial charge in [0.25, 0.3) is 0 Å². The normalized spacial score (nSPS) is 15.3. The van der Waals surface area contributed by atoms with E-state index in [1.807, 2.05) is 6.08 Å². The number of carbonyl (C=O) groups is 1. The molecule has 34 heavy (non-hydrogen) atoms. The van der Waals surface area contributed by atoms with E-state index in [1.54, 1.807) is 0 Å². The lowest BCUT2D eigenvalue weighted by Crippen LogP contribution is -2.33. The molecule has 184 valence electrons. The van der Waals surface area contributed by atoms with E-state index in [0.717, 1.165) is 55.4 Å². The highest BCUT2D eigenvalue weighted by molar-refractivity contribution is 5.66. The van der Waals surface area contributed by atoms with Crippen LogP contribution in [-0.2, 0) is 10.2 Å². The van der Waals surface area contributed by atoms with Crippen LogP contribution in [0.3, 0.4) is 0 Å². The maximum Gasteiger partial charge on any atom is 0.303 e. The number of unbranched alkanes of at least 4 members (excludes halogenated alkanes) is 1. The highest BCUT2D eigenvalue weighted by Gasteiger charge is 2.32. The molecule has 0 radical (unpaired) electrons. The van der Waals surface area contributed by atoms with Crippen LogP contribution in [0.1, 0.15) is 93.0 Å². The Balaban J connectivity index is 1.79.